The van der Waals surface area contributed by atoms with E-state index in [1.165, 1.54) is 11.0 Å². The smallest absolute Gasteiger partial charge is 0.267 e. The summed E-state index contributed by atoms with van der Waals surface area (Å²) in [5.41, 5.74) is -0.403. The number of rotatable bonds is 8. The third kappa shape index (κ3) is 4.13. The van der Waals surface area contributed by atoms with Crippen LogP contribution in [0.1, 0.15) is 35.2 Å². The van der Waals surface area contributed by atoms with Gasteiger partial charge in [0.25, 0.3) is 6.43 Å². The number of aliphatic hydroxyl groups is 1. The van der Waals surface area contributed by atoms with Gasteiger partial charge in [0.05, 0.1) is 17.9 Å². The molecule has 0 bridgehead atoms. The van der Waals surface area contributed by atoms with Crippen LogP contribution >= 0.6 is 0 Å². The van der Waals surface area contributed by atoms with Gasteiger partial charge in [0.1, 0.15) is 0 Å². The van der Waals surface area contributed by atoms with E-state index < -0.39 is 42.1 Å². The van der Waals surface area contributed by atoms with Crippen LogP contribution in [0.4, 0.5) is 23.4 Å². The number of aromatic amines is 1. The number of aliphatic hydroxyl groups excluding tert-OH is 1. The van der Waals surface area contributed by atoms with Crippen LogP contribution < -0.4 is 4.90 Å². The molecule has 1 unspecified atom stereocenters. The first kappa shape index (κ1) is 22.3. The van der Waals surface area contributed by atoms with Gasteiger partial charge in [0.15, 0.2) is 17.5 Å². The lowest BCUT2D eigenvalue weighted by molar-refractivity contribution is -0.120. The van der Waals surface area contributed by atoms with Gasteiger partial charge in [-0.2, -0.15) is 5.10 Å². The van der Waals surface area contributed by atoms with Gasteiger partial charge in [0, 0.05) is 36.0 Å². The summed E-state index contributed by atoms with van der Waals surface area (Å²) in [6, 6.07) is 1.81. The van der Waals surface area contributed by atoms with Crippen molar-refractivity contribution in [3.05, 3.63) is 52.2 Å². The van der Waals surface area contributed by atoms with Crippen LogP contribution in [0, 0.1) is 28.4 Å². The van der Waals surface area contributed by atoms with Crippen LogP contribution in [0.5, 0.6) is 0 Å². The summed E-state index contributed by atoms with van der Waals surface area (Å²) < 4.78 is 53.8. The largest absolute Gasteiger partial charge is 0.391 e. The quantitative estimate of drug-likeness (QED) is 0.375. The third-order valence-corrected chi connectivity index (χ3v) is 5.19. The van der Waals surface area contributed by atoms with Crippen molar-refractivity contribution >= 4 is 29.7 Å². The highest BCUT2D eigenvalue weighted by Gasteiger charge is 2.37. The summed E-state index contributed by atoms with van der Waals surface area (Å²) in [5.74, 6) is -4.08. The molecule has 1 aromatic carbocycles. The fourth-order valence-corrected chi connectivity index (χ4v) is 3.69. The number of benzene rings is 1. The Morgan fingerprint density at radius 2 is 2.10 bits per heavy atom. The van der Waals surface area contributed by atoms with E-state index >= 15 is 0 Å². The highest BCUT2D eigenvalue weighted by atomic mass is 19.3. The second-order valence-corrected chi connectivity index (χ2v) is 6.91. The van der Waals surface area contributed by atoms with Gasteiger partial charge in [-0.05, 0) is 30.5 Å². The lowest BCUT2D eigenvalue weighted by Gasteiger charge is -2.17. The lowest BCUT2D eigenvalue weighted by atomic mass is 9.94. The molecule has 1 aliphatic rings. The van der Waals surface area contributed by atoms with Crippen LogP contribution in [0.15, 0.2) is 18.2 Å². The van der Waals surface area contributed by atoms with E-state index in [1.54, 1.807) is 0 Å². The Labute approximate surface area is 174 Å². The van der Waals surface area contributed by atoms with Gasteiger partial charge in [0.2, 0.25) is 5.91 Å². The molecule has 7 nitrogen and oxygen atoms in total. The molecule has 0 saturated carbocycles. The molecule has 1 aliphatic heterocycles. The average molecular weight is 437 g/mol. The third-order valence-electron chi connectivity index (χ3n) is 5.19. The predicted octanol–water partition coefficient (Wildman–Crippen LogP) is 3.40. The molecule has 11 heteroatoms. The zero-order chi connectivity index (χ0) is 22.7. The summed E-state index contributed by atoms with van der Waals surface area (Å²) in [7, 11) is 0. The number of aromatic nitrogens is 2. The number of hydrogen-bond donors (Lipinski definition) is 4. The second kappa shape index (κ2) is 9.21. The molecule has 1 saturated heterocycles. The molecule has 2 aromatic rings. The molecule has 0 aliphatic carbocycles. The summed E-state index contributed by atoms with van der Waals surface area (Å²) in [5, 5.41) is 31.1. The lowest BCUT2D eigenvalue weighted by Crippen LogP contribution is -2.29. The maximum Gasteiger partial charge on any atom is 0.267 e. The van der Waals surface area contributed by atoms with E-state index in [-0.39, 0.29) is 47.6 Å². The number of hydrogen-bond acceptors (Lipinski definition) is 5. The Morgan fingerprint density at radius 3 is 2.71 bits per heavy atom. The summed E-state index contributed by atoms with van der Waals surface area (Å²) >= 11 is 0. The molecule has 1 aromatic heterocycles. The SMILES string of the molecule is N=C/C=C(\C=N)c1[nH]nc(N2CCC(Cc3ccc(F)c(F)c3C(F)F)C2=O)c1CO. The summed E-state index contributed by atoms with van der Waals surface area (Å²) in [4.78, 5) is 14.2. The standard InChI is InChI=1S/C20H19F4N5O2/c21-14-2-1-10(15(16(14)22)18(23)24)7-11-4-6-29(20(11)31)19-13(9-30)17(27-28-19)12(8-26)3-5-25/h1-3,5,8,11,18,25-26,30H,4,6-7,9H2,(H,27,28)/b12-3+,25-5?,26-8?. The van der Waals surface area contributed by atoms with Crippen LogP contribution in [-0.2, 0) is 17.8 Å². The Hall–Kier alpha value is -3.34. The van der Waals surface area contributed by atoms with Gasteiger partial charge >= 0.3 is 0 Å². The highest BCUT2D eigenvalue weighted by Crippen LogP contribution is 2.34. The Kier molecular flexibility index (Phi) is 6.64. The van der Waals surface area contributed by atoms with E-state index in [0.29, 0.717) is 0 Å². The number of nitrogens with one attached hydrogen (secondary N) is 3. The number of carbonyl (C=O) groups is 1. The fourth-order valence-electron chi connectivity index (χ4n) is 3.69. The van der Waals surface area contributed by atoms with Crippen molar-refractivity contribution in [3.63, 3.8) is 0 Å². The molecule has 3 rings (SSSR count). The molecular formula is C20H19F4N5O2. The number of halogens is 4. The molecule has 1 amide bonds. The van der Waals surface area contributed by atoms with E-state index in [0.717, 1.165) is 24.6 Å². The number of nitrogens with zero attached hydrogens (tertiary/aromatic N) is 2. The van der Waals surface area contributed by atoms with Crippen LogP contribution in [-0.4, -0.2) is 40.2 Å². The number of amides is 1. The normalized spacial score (nSPS) is 17.0. The van der Waals surface area contributed by atoms with Crippen LogP contribution in [0.2, 0.25) is 0 Å². The monoisotopic (exact) mass is 437 g/mol. The number of H-pyrrole nitrogens is 1. The molecule has 1 atom stereocenters. The Balaban J connectivity index is 1.89. The maximum atomic E-state index is 13.9. The van der Waals surface area contributed by atoms with E-state index in [4.69, 9.17) is 10.8 Å². The molecule has 31 heavy (non-hydrogen) atoms. The number of anilines is 1. The second-order valence-electron chi connectivity index (χ2n) is 6.91. The summed E-state index contributed by atoms with van der Waals surface area (Å²) in [6.45, 7) is -0.319. The average Bonchev–Trinajstić information content (AvgIpc) is 3.32. The summed E-state index contributed by atoms with van der Waals surface area (Å²) in [6.07, 6.45) is 0.0755. The zero-order valence-electron chi connectivity index (χ0n) is 16.1. The molecule has 2 heterocycles. The minimum Gasteiger partial charge on any atom is -0.391 e. The van der Waals surface area contributed by atoms with Crippen molar-refractivity contribution in [1.82, 2.24) is 10.2 Å². The van der Waals surface area contributed by atoms with Crippen molar-refractivity contribution in [2.45, 2.75) is 25.9 Å². The number of carbonyl (C=O) groups excluding carboxylic acids is 1. The molecule has 1 fully saturated rings. The predicted molar refractivity (Wildman–Crippen MR) is 106 cm³/mol. The molecule has 4 N–H and O–H groups in total. The van der Waals surface area contributed by atoms with E-state index in [9.17, 15) is 27.5 Å². The van der Waals surface area contributed by atoms with Gasteiger partial charge in [-0.3, -0.25) is 14.8 Å². The fraction of sp³-hybridized carbons (Fsp3) is 0.300. The number of allylic oxidation sites excluding steroid dienone is 2. The van der Waals surface area contributed by atoms with Crippen molar-refractivity contribution in [3.8, 4) is 0 Å². The molecule has 0 spiro atoms. The first-order valence-electron chi connectivity index (χ1n) is 9.30. The minimum atomic E-state index is -3.23. The van der Waals surface area contributed by atoms with E-state index in [1.807, 2.05) is 0 Å². The van der Waals surface area contributed by atoms with Gasteiger partial charge in [-0.15, -0.1) is 0 Å². The van der Waals surface area contributed by atoms with Crippen molar-refractivity contribution in [2.24, 2.45) is 5.92 Å². The highest BCUT2D eigenvalue weighted by molar-refractivity contribution is 6.12. The number of alkyl halides is 2. The van der Waals surface area contributed by atoms with Gasteiger partial charge < -0.3 is 15.9 Å². The molecule has 0 radical (unpaired) electrons. The van der Waals surface area contributed by atoms with Crippen molar-refractivity contribution in [1.29, 1.82) is 10.8 Å². The topological polar surface area (TPSA) is 117 Å². The first-order chi connectivity index (χ1) is 14.8. The van der Waals surface area contributed by atoms with E-state index in [2.05, 4.69) is 10.2 Å². The van der Waals surface area contributed by atoms with Gasteiger partial charge in [-0.25, -0.2) is 17.6 Å². The minimum absolute atomic E-state index is 0.127. The zero-order valence-corrected chi connectivity index (χ0v) is 16.1. The van der Waals surface area contributed by atoms with Crippen LogP contribution in [0.3, 0.4) is 0 Å². The molecule has 164 valence electrons. The Morgan fingerprint density at radius 1 is 1.35 bits per heavy atom. The Bertz CT molecular complexity index is 1050. The van der Waals surface area contributed by atoms with Crippen LogP contribution in [0.25, 0.3) is 5.57 Å². The van der Waals surface area contributed by atoms with Crippen molar-refractivity contribution in [2.75, 3.05) is 11.4 Å². The van der Waals surface area contributed by atoms with Gasteiger partial charge in [-0.1, -0.05) is 6.07 Å². The van der Waals surface area contributed by atoms with Crippen molar-refractivity contribution < 1.29 is 27.5 Å². The maximum absolute atomic E-state index is 13.9. The molecular weight excluding hydrogens is 418 g/mol. The first-order valence-corrected chi connectivity index (χ1v) is 9.30.